The Balaban J connectivity index is 1.73. The van der Waals surface area contributed by atoms with Crippen LogP contribution in [-0.4, -0.2) is 40.0 Å². The van der Waals surface area contributed by atoms with Crippen molar-refractivity contribution in [3.8, 4) is 0 Å². The fraction of sp³-hybridized carbons (Fsp3) is 0.438. The highest BCUT2D eigenvalue weighted by Crippen LogP contribution is 2.47. The zero-order valence-electron chi connectivity index (χ0n) is 12.4. The molecule has 0 saturated carbocycles. The van der Waals surface area contributed by atoms with Gasteiger partial charge in [-0.05, 0) is 36.6 Å². The lowest BCUT2D eigenvalue weighted by Gasteiger charge is -2.32. The van der Waals surface area contributed by atoms with Gasteiger partial charge in [-0.3, -0.25) is 9.78 Å². The highest BCUT2D eigenvalue weighted by Gasteiger charge is 2.47. The molecule has 2 unspecified atom stereocenters. The molecule has 0 radical (unpaired) electrons. The number of fused-ring (bicyclic) bond motifs is 6. The average molecular weight is 321 g/mol. The van der Waals surface area contributed by atoms with Crippen molar-refractivity contribution in [1.82, 2.24) is 14.9 Å². The molecular weight excluding hydrogens is 307 g/mol. The number of carbonyl (C=O) groups is 1. The van der Waals surface area contributed by atoms with Crippen molar-refractivity contribution in [3.63, 3.8) is 0 Å². The van der Waals surface area contributed by atoms with Gasteiger partial charge in [-0.15, -0.1) is 0 Å². The van der Waals surface area contributed by atoms with Crippen LogP contribution in [0.15, 0.2) is 18.3 Å². The molecule has 4 nitrogen and oxygen atoms in total. The molecule has 2 heterocycles. The van der Waals surface area contributed by atoms with E-state index in [2.05, 4.69) is 9.97 Å². The molecule has 2 atom stereocenters. The summed E-state index contributed by atoms with van der Waals surface area (Å²) in [4.78, 5) is 21.3. The van der Waals surface area contributed by atoms with Crippen molar-refractivity contribution >= 4 is 16.9 Å². The third kappa shape index (κ3) is 2.26. The van der Waals surface area contributed by atoms with Crippen molar-refractivity contribution in [2.24, 2.45) is 0 Å². The van der Waals surface area contributed by atoms with Crippen LogP contribution >= 0.6 is 0 Å². The SMILES string of the molecule is Cc1cnc2cc3c(cc2n1)C1CC3CN(C(=O)C(F)(F)F)C1. The number of rotatable bonds is 0. The summed E-state index contributed by atoms with van der Waals surface area (Å²) in [5.41, 5.74) is 4.32. The van der Waals surface area contributed by atoms with Crippen molar-refractivity contribution in [3.05, 3.63) is 35.2 Å². The molecule has 2 aliphatic rings. The van der Waals surface area contributed by atoms with E-state index in [1.54, 1.807) is 6.20 Å². The molecule has 0 N–H and O–H groups in total. The monoisotopic (exact) mass is 321 g/mol. The van der Waals surface area contributed by atoms with Gasteiger partial charge in [0.25, 0.3) is 0 Å². The van der Waals surface area contributed by atoms with E-state index in [-0.39, 0.29) is 24.9 Å². The fourth-order valence-corrected chi connectivity index (χ4v) is 3.79. The average Bonchev–Trinajstić information content (AvgIpc) is 2.74. The van der Waals surface area contributed by atoms with Gasteiger partial charge in [0.05, 0.1) is 16.7 Å². The molecule has 7 heteroatoms. The number of benzene rings is 1. The highest BCUT2D eigenvalue weighted by atomic mass is 19.4. The number of aromatic nitrogens is 2. The summed E-state index contributed by atoms with van der Waals surface area (Å²) < 4.78 is 38.1. The van der Waals surface area contributed by atoms with Crippen LogP contribution in [0.1, 0.15) is 35.1 Å². The van der Waals surface area contributed by atoms with E-state index in [0.717, 1.165) is 39.2 Å². The number of amides is 1. The molecule has 1 aliphatic carbocycles. The van der Waals surface area contributed by atoms with Crippen LogP contribution < -0.4 is 0 Å². The number of carbonyl (C=O) groups excluding carboxylic acids is 1. The molecule has 1 fully saturated rings. The van der Waals surface area contributed by atoms with Gasteiger partial charge >= 0.3 is 12.1 Å². The van der Waals surface area contributed by atoms with Crippen molar-refractivity contribution in [1.29, 1.82) is 0 Å². The number of aryl methyl sites for hydroxylation is 1. The molecule has 2 aromatic rings. The Morgan fingerprint density at radius 2 is 1.78 bits per heavy atom. The second kappa shape index (κ2) is 4.66. The van der Waals surface area contributed by atoms with Crippen LogP contribution in [0.3, 0.4) is 0 Å². The Morgan fingerprint density at radius 1 is 1.17 bits per heavy atom. The number of halogens is 3. The molecule has 0 spiro atoms. The second-order valence-electron chi connectivity index (χ2n) is 6.32. The molecule has 1 aromatic heterocycles. The Hall–Kier alpha value is -2.18. The summed E-state index contributed by atoms with van der Waals surface area (Å²) in [6, 6.07) is 3.85. The third-order valence-corrected chi connectivity index (χ3v) is 4.73. The van der Waals surface area contributed by atoms with Crippen molar-refractivity contribution in [2.45, 2.75) is 31.4 Å². The molecule has 1 aromatic carbocycles. The van der Waals surface area contributed by atoms with Crippen molar-refractivity contribution in [2.75, 3.05) is 13.1 Å². The van der Waals surface area contributed by atoms with Crippen LogP contribution in [0.5, 0.6) is 0 Å². The number of hydrogen-bond donors (Lipinski definition) is 0. The number of nitrogens with zero attached hydrogens (tertiary/aromatic N) is 3. The molecule has 1 amide bonds. The first-order valence-corrected chi connectivity index (χ1v) is 7.46. The van der Waals surface area contributed by atoms with E-state index >= 15 is 0 Å². The summed E-state index contributed by atoms with van der Waals surface area (Å²) >= 11 is 0. The number of piperidine rings is 1. The van der Waals surface area contributed by atoms with Gasteiger partial charge < -0.3 is 4.90 Å². The van der Waals surface area contributed by atoms with Gasteiger partial charge in [-0.1, -0.05) is 0 Å². The maximum absolute atomic E-state index is 12.7. The first-order chi connectivity index (χ1) is 10.8. The third-order valence-electron chi connectivity index (χ3n) is 4.73. The van der Waals surface area contributed by atoms with Crippen LogP contribution in [-0.2, 0) is 4.79 Å². The topological polar surface area (TPSA) is 46.1 Å². The van der Waals surface area contributed by atoms with E-state index in [0.29, 0.717) is 0 Å². The van der Waals surface area contributed by atoms with Crippen LogP contribution in [0.4, 0.5) is 13.2 Å². The van der Waals surface area contributed by atoms with Crippen LogP contribution in [0, 0.1) is 6.92 Å². The Kier molecular flexibility index (Phi) is 2.92. The minimum absolute atomic E-state index is 0.0532. The largest absolute Gasteiger partial charge is 0.471 e. The van der Waals surface area contributed by atoms with Gasteiger partial charge in [-0.25, -0.2) is 4.98 Å². The summed E-state index contributed by atoms with van der Waals surface area (Å²) in [6.07, 6.45) is -2.35. The minimum atomic E-state index is -4.81. The van der Waals surface area contributed by atoms with Crippen LogP contribution in [0.2, 0.25) is 0 Å². The van der Waals surface area contributed by atoms with Gasteiger partial charge in [-0.2, -0.15) is 13.2 Å². The Labute approximate surface area is 130 Å². The first kappa shape index (κ1) is 14.4. The van der Waals surface area contributed by atoms with E-state index < -0.39 is 12.1 Å². The quantitative estimate of drug-likeness (QED) is 0.749. The fourth-order valence-electron chi connectivity index (χ4n) is 3.79. The molecule has 4 rings (SSSR count). The normalized spacial score (nSPS) is 23.2. The van der Waals surface area contributed by atoms with E-state index in [4.69, 9.17) is 0 Å². The number of likely N-dealkylation sites (tertiary alicyclic amines) is 1. The van der Waals surface area contributed by atoms with E-state index in [1.807, 2.05) is 19.1 Å². The van der Waals surface area contributed by atoms with Gasteiger partial charge in [0.1, 0.15) is 0 Å². The van der Waals surface area contributed by atoms with Gasteiger partial charge in [0.15, 0.2) is 0 Å². The Morgan fingerprint density at radius 3 is 2.39 bits per heavy atom. The lowest BCUT2D eigenvalue weighted by atomic mass is 9.95. The standard InChI is InChI=1S/C16H14F3N3O/c1-8-5-20-13-3-11-9-2-10(12(11)4-14(13)21-8)7-22(6-9)15(23)16(17,18)19/h3-5,9-10H,2,6-7H2,1H3. The minimum Gasteiger partial charge on any atom is -0.334 e. The predicted molar refractivity (Wildman–Crippen MR) is 77.0 cm³/mol. The van der Waals surface area contributed by atoms with E-state index in [1.165, 1.54) is 0 Å². The summed E-state index contributed by atoms with van der Waals surface area (Å²) in [7, 11) is 0. The summed E-state index contributed by atoms with van der Waals surface area (Å²) in [5.74, 6) is -1.85. The maximum atomic E-state index is 12.7. The predicted octanol–water partition coefficient (Wildman–Crippen LogP) is 2.91. The molecule has 2 bridgehead atoms. The molecular formula is C16H14F3N3O. The number of hydrogen-bond acceptors (Lipinski definition) is 3. The van der Waals surface area contributed by atoms with Crippen LogP contribution in [0.25, 0.3) is 11.0 Å². The lowest BCUT2D eigenvalue weighted by molar-refractivity contribution is -0.186. The zero-order chi connectivity index (χ0) is 16.4. The zero-order valence-corrected chi connectivity index (χ0v) is 12.4. The maximum Gasteiger partial charge on any atom is 0.471 e. The number of alkyl halides is 3. The second-order valence-corrected chi connectivity index (χ2v) is 6.32. The van der Waals surface area contributed by atoms with E-state index in [9.17, 15) is 18.0 Å². The smallest absolute Gasteiger partial charge is 0.334 e. The molecule has 120 valence electrons. The molecule has 23 heavy (non-hydrogen) atoms. The summed E-state index contributed by atoms with van der Waals surface area (Å²) in [5, 5.41) is 0. The lowest BCUT2D eigenvalue weighted by Crippen LogP contribution is -2.46. The summed E-state index contributed by atoms with van der Waals surface area (Å²) in [6.45, 7) is 2.08. The Bertz CT molecular complexity index is 818. The van der Waals surface area contributed by atoms with Crippen molar-refractivity contribution < 1.29 is 18.0 Å². The first-order valence-electron chi connectivity index (χ1n) is 7.46. The highest BCUT2D eigenvalue weighted by molar-refractivity contribution is 5.83. The molecule has 1 aliphatic heterocycles. The molecule has 1 saturated heterocycles. The van der Waals surface area contributed by atoms with Gasteiger partial charge in [0.2, 0.25) is 0 Å². The van der Waals surface area contributed by atoms with Gasteiger partial charge in [0, 0.05) is 31.1 Å².